The summed E-state index contributed by atoms with van der Waals surface area (Å²) in [4.78, 5) is 38.1. The van der Waals surface area contributed by atoms with Crippen LogP contribution in [-0.4, -0.2) is 69.7 Å². The summed E-state index contributed by atoms with van der Waals surface area (Å²) in [7, 11) is -4.70. The molecule has 0 saturated carbocycles. The van der Waals surface area contributed by atoms with Gasteiger partial charge in [-0.3, -0.25) is 19.6 Å². The average molecular weight is 512 g/mol. The summed E-state index contributed by atoms with van der Waals surface area (Å²) in [5.41, 5.74) is 11.4. The van der Waals surface area contributed by atoms with E-state index in [1.165, 1.54) is 24.6 Å². The molecule has 1 aliphatic rings. The van der Waals surface area contributed by atoms with Gasteiger partial charge in [-0.2, -0.15) is 8.42 Å². The molecular formula is C18H21N7O7S2. The molecule has 3 heterocycles. The first-order valence-corrected chi connectivity index (χ1v) is 11.9. The van der Waals surface area contributed by atoms with Crippen LogP contribution >= 0.6 is 11.3 Å². The predicted octanol–water partition coefficient (Wildman–Crippen LogP) is -0.187. The Morgan fingerprint density at radius 3 is 2.65 bits per heavy atom. The Balaban J connectivity index is 1.61. The lowest BCUT2D eigenvalue weighted by Gasteiger charge is -2.41. The van der Waals surface area contributed by atoms with Crippen molar-refractivity contribution in [2.24, 2.45) is 16.8 Å². The zero-order valence-electron chi connectivity index (χ0n) is 17.7. The summed E-state index contributed by atoms with van der Waals surface area (Å²) in [5.74, 6) is -2.32. The van der Waals surface area contributed by atoms with Gasteiger partial charge in [0.1, 0.15) is 18.1 Å². The highest BCUT2D eigenvalue weighted by molar-refractivity contribution is 7.84. The van der Waals surface area contributed by atoms with Crippen molar-refractivity contribution in [3.63, 3.8) is 0 Å². The Hall–Kier alpha value is -3.63. The maximum Gasteiger partial charge on any atom is 0.362 e. The van der Waals surface area contributed by atoms with Gasteiger partial charge in [0.15, 0.2) is 23.2 Å². The zero-order valence-corrected chi connectivity index (χ0v) is 19.4. The summed E-state index contributed by atoms with van der Waals surface area (Å²) in [6.45, 7) is 1.36. The first kappa shape index (κ1) is 25.0. The highest BCUT2D eigenvalue weighted by atomic mass is 32.2. The van der Waals surface area contributed by atoms with Gasteiger partial charge in [-0.1, -0.05) is 5.16 Å². The number of pyridine rings is 1. The van der Waals surface area contributed by atoms with Gasteiger partial charge in [-0.05, 0) is 13.0 Å². The number of nitrogens with one attached hydrogen (secondary N) is 1. The minimum Gasteiger partial charge on any atom is -0.474 e. The summed E-state index contributed by atoms with van der Waals surface area (Å²) >= 11 is 1.07. The van der Waals surface area contributed by atoms with Crippen molar-refractivity contribution in [2.45, 2.75) is 19.4 Å². The molecule has 3 rings (SSSR count). The number of nitrogen functional groups attached to an aromatic ring is 2. The second kappa shape index (κ2) is 10.1. The fourth-order valence-electron chi connectivity index (χ4n) is 3.09. The van der Waals surface area contributed by atoms with E-state index in [4.69, 9.17) is 31.0 Å². The molecule has 1 amide bonds. The number of nitrogens with two attached hydrogens (primary N) is 2. The number of β-lactam (4-membered cyclic amide) rings is 1. The van der Waals surface area contributed by atoms with Gasteiger partial charge in [-0.25, -0.2) is 14.3 Å². The number of carbonyl (C=O) groups excluding carboxylic acids is 2. The van der Waals surface area contributed by atoms with E-state index >= 15 is 0 Å². The highest BCUT2D eigenvalue weighted by Crippen LogP contribution is 2.32. The van der Waals surface area contributed by atoms with E-state index < -0.39 is 34.0 Å². The largest absolute Gasteiger partial charge is 0.474 e. The third kappa shape index (κ3) is 5.64. The van der Waals surface area contributed by atoms with Crippen LogP contribution in [0.15, 0.2) is 28.9 Å². The molecule has 1 saturated heterocycles. The third-order valence-corrected chi connectivity index (χ3v) is 6.48. The van der Waals surface area contributed by atoms with E-state index in [-0.39, 0.29) is 47.9 Å². The van der Waals surface area contributed by atoms with Crippen LogP contribution in [0.25, 0.3) is 0 Å². The summed E-state index contributed by atoms with van der Waals surface area (Å²) in [6, 6.07) is 2.20. The number of aromatic nitrogens is 2. The number of anilines is 1. The molecule has 0 spiro atoms. The molecule has 14 nitrogen and oxygen atoms in total. The lowest BCUT2D eigenvalue weighted by Crippen LogP contribution is -2.62. The Bertz CT molecular complexity index is 1230. The number of thiazole rings is 1. The summed E-state index contributed by atoms with van der Waals surface area (Å²) in [6.07, 6.45) is 1.01. The Kier molecular flexibility index (Phi) is 7.43. The SMILES string of the molecule is C[C@H]1[C@H](CC(=O)/C(=N\OCCOc2ccc(C(=N)N)cn2)c2csc(N)n2)C(=O)N1S(=O)(=O)O. The average Bonchev–Trinajstić information content (AvgIpc) is 3.19. The molecule has 6 N–H and O–H groups in total. The fraction of sp³-hybridized carbons (Fsp3) is 0.333. The summed E-state index contributed by atoms with van der Waals surface area (Å²) in [5, 5.41) is 12.8. The molecule has 1 aliphatic heterocycles. The molecule has 0 unspecified atom stereocenters. The van der Waals surface area contributed by atoms with Gasteiger partial charge in [-0.15, -0.1) is 11.3 Å². The molecule has 2 aromatic rings. The standard InChI is InChI=1S/C18H21N7O7S2/c1-9-11(17(27)25(9)34(28,29)30)6-13(26)15(12-8-33-18(21)23-12)24-32-5-4-31-14-3-2-10(7-22-14)16(19)20/h2-3,7-9,11H,4-6H2,1H3,(H3,19,20)(H2,21,23)(H,28,29,30)/b24-15-/t9-,11-/m0/s1. The van der Waals surface area contributed by atoms with Crippen LogP contribution in [0.4, 0.5) is 5.13 Å². The van der Waals surface area contributed by atoms with Gasteiger partial charge in [0.05, 0.1) is 12.0 Å². The van der Waals surface area contributed by atoms with E-state index in [0.717, 1.165) is 11.3 Å². The summed E-state index contributed by atoms with van der Waals surface area (Å²) < 4.78 is 37.3. The molecule has 0 aromatic carbocycles. The lowest BCUT2D eigenvalue weighted by molar-refractivity contribution is -0.147. The molecule has 0 bridgehead atoms. The van der Waals surface area contributed by atoms with Crippen LogP contribution < -0.4 is 16.2 Å². The van der Waals surface area contributed by atoms with Crippen LogP contribution in [-0.2, 0) is 24.7 Å². The molecule has 0 aliphatic carbocycles. The number of amidine groups is 1. The molecule has 1 fully saturated rings. The van der Waals surface area contributed by atoms with Gasteiger partial charge in [0, 0.05) is 29.6 Å². The number of oxime groups is 1. The van der Waals surface area contributed by atoms with Crippen molar-refractivity contribution in [1.82, 2.24) is 14.3 Å². The highest BCUT2D eigenvalue weighted by Gasteiger charge is 2.51. The van der Waals surface area contributed by atoms with E-state index in [9.17, 15) is 18.0 Å². The van der Waals surface area contributed by atoms with Gasteiger partial charge >= 0.3 is 10.3 Å². The van der Waals surface area contributed by atoms with Gasteiger partial charge in [0.25, 0.3) is 0 Å². The first-order valence-electron chi connectivity index (χ1n) is 9.67. The van der Waals surface area contributed by atoms with Crippen molar-refractivity contribution in [2.75, 3.05) is 18.9 Å². The number of Topliss-reactive ketones (excluding diaryl/α,β-unsaturated/α-hetero) is 1. The van der Waals surface area contributed by atoms with Crippen molar-refractivity contribution in [3.8, 4) is 5.88 Å². The normalized spacial score (nSPS) is 18.4. The monoisotopic (exact) mass is 511 g/mol. The van der Waals surface area contributed by atoms with E-state index in [1.807, 2.05) is 0 Å². The lowest BCUT2D eigenvalue weighted by atomic mass is 9.86. The fourth-order valence-corrected chi connectivity index (χ4v) is 4.56. The quantitative estimate of drug-likeness (QED) is 0.0772. The number of nitrogens with zero attached hydrogens (tertiary/aromatic N) is 4. The molecule has 2 aromatic heterocycles. The molecule has 34 heavy (non-hydrogen) atoms. The number of carbonyl (C=O) groups is 2. The third-order valence-electron chi connectivity index (χ3n) is 4.80. The van der Waals surface area contributed by atoms with Crippen LogP contribution in [0.5, 0.6) is 5.88 Å². The van der Waals surface area contributed by atoms with Gasteiger partial charge in [0.2, 0.25) is 11.8 Å². The second-order valence-electron chi connectivity index (χ2n) is 7.08. The topological polar surface area (TPSA) is 224 Å². The van der Waals surface area contributed by atoms with Crippen LogP contribution in [0.2, 0.25) is 0 Å². The Labute approximate surface area is 198 Å². The number of ether oxygens (including phenoxy) is 1. The number of amides is 1. The molecule has 0 radical (unpaired) electrons. The number of rotatable bonds is 11. The molecule has 182 valence electrons. The van der Waals surface area contributed by atoms with Crippen LogP contribution in [0.3, 0.4) is 0 Å². The Morgan fingerprint density at radius 1 is 1.38 bits per heavy atom. The van der Waals surface area contributed by atoms with E-state index in [2.05, 4.69) is 15.1 Å². The minimum atomic E-state index is -4.70. The maximum atomic E-state index is 12.8. The molecular weight excluding hydrogens is 490 g/mol. The maximum absolute atomic E-state index is 12.8. The van der Waals surface area contributed by atoms with Gasteiger partial charge < -0.3 is 21.0 Å². The number of hydrogen-bond donors (Lipinski definition) is 4. The van der Waals surface area contributed by atoms with Crippen molar-refractivity contribution in [1.29, 1.82) is 5.41 Å². The predicted molar refractivity (Wildman–Crippen MR) is 121 cm³/mol. The first-order chi connectivity index (χ1) is 16.0. The van der Waals surface area contributed by atoms with Crippen molar-refractivity contribution >= 4 is 50.0 Å². The molecule has 2 atom stereocenters. The smallest absolute Gasteiger partial charge is 0.362 e. The minimum absolute atomic E-state index is 0.0259. The Morgan fingerprint density at radius 2 is 2.12 bits per heavy atom. The van der Waals surface area contributed by atoms with Crippen LogP contribution in [0.1, 0.15) is 24.6 Å². The van der Waals surface area contributed by atoms with Crippen LogP contribution in [0, 0.1) is 11.3 Å². The van der Waals surface area contributed by atoms with E-state index in [0.29, 0.717) is 9.87 Å². The molecule has 16 heteroatoms. The number of hydrogen-bond acceptors (Lipinski definition) is 12. The second-order valence-corrected chi connectivity index (χ2v) is 9.26. The number of ketones is 1. The van der Waals surface area contributed by atoms with E-state index in [1.54, 1.807) is 6.07 Å². The van der Waals surface area contributed by atoms with Crippen molar-refractivity contribution < 1.29 is 32.1 Å². The van der Waals surface area contributed by atoms with Crippen molar-refractivity contribution in [3.05, 3.63) is 35.0 Å². The zero-order chi connectivity index (χ0) is 25.0.